The fourth-order valence-corrected chi connectivity index (χ4v) is 2.93. The summed E-state index contributed by atoms with van der Waals surface area (Å²) in [6.45, 7) is 3.28. The predicted octanol–water partition coefficient (Wildman–Crippen LogP) is 3.03. The van der Waals surface area contributed by atoms with Crippen LogP contribution in [0.15, 0.2) is 30.6 Å². The predicted molar refractivity (Wildman–Crippen MR) is 79.9 cm³/mol. The molecule has 2 aromatic rings. The van der Waals surface area contributed by atoms with E-state index in [4.69, 9.17) is 0 Å². The highest BCUT2D eigenvalue weighted by Gasteiger charge is 2.22. The highest BCUT2D eigenvalue weighted by atomic mass is 15.3. The molecule has 4 heteroatoms. The van der Waals surface area contributed by atoms with Crippen molar-refractivity contribution in [2.75, 3.05) is 6.54 Å². The van der Waals surface area contributed by atoms with Gasteiger partial charge in [0.2, 0.25) is 0 Å². The van der Waals surface area contributed by atoms with E-state index in [1.165, 1.54) is 36.9 Å². The van der Waals surface area contributed by atoms with Gasteiger partial charge in [0.25, 0.3) is 0 Å². The van der Waals surface area contributed by atoms with E-state index in [1.807, 2.05) is 35.3 Å². The molecular formula is C16H22N4. The van der Waals surface area contributed by atoms with Gasteiger partial charge >= 0.3 is 0 Å². The molecule has 1 N–H and O–H groups in total. The van der Waals surface area contributed by atoms with Crippen molar-refractivity contribution in [1.82, 2.24) is 20.1 Å². The Labute approximate surface area is 120 Å². The number of aromatic nitrogens is 3. The van der Waals surface area contributed by atoms with Crippen molar-refractivity contribution in [3.8, 4) is 5.82 Å². The van der Waals surface area contributed by atoms with Crippen LogP contribution in [0.1, 0.15) is 49.9 Å². The first-order valence-electron chi connectivity index (χ1n) is 7.61. The summed E-state index contributed by atoms with van der Waals surface area (Å²) in [5, 5.41) is 8.24. The molecule has 4 nitrogen and oxygen atoms in total. The van der Waals surface area contributed by atoms with Crippen LogP contribution in [0.25, 0.3) is 5.82 Å². The fourth-order valence-electron chi connectivity index (χ4n) is 2.93. The van der Waals surface area contributed by atoms with Crippen molar-refractivity contribution in [1.29, 1.82) is 0 Å². The molecular weight excluding hydrogens is 248 g/mol. The zero-order chi connectivity index (χ0) is 13.8. The van der Waals surface area contributed by atoms with Crippen LogP contribution in [-0.2, 0) is 6.42 Å². The Kier molecular flexibility index (Phi) is 4.11. The molecule has 0 amide bonds. The summed E-state index contributed by atoms with van der Waals surface area (Å²) >= 11 is 0. The second-order valence-electron chi connectivity index (χ2n) is 5.40. The third-order valence-corrected chi connectivity index (χ3v) is 3.94. The van der Waals surface area contributed by atoms with Gasteiger partial charge in [0.15, 0.2) is 5.82 Å². The van der Waals surface area contributed by atoms with Crippen molar-refractivity contribution in [2.45, 2.75) is 45.1 Å². The summed E-state index contributed by atoms with van der Waals surface area (Å²) < 4.78 is 2.02. The van der Waals surface area contributed by atoms with Crippen LogP contribution < -0.4 is 5.32 Å². The Morgan fingerprint density at radius 3 is 3.10 bits per heavy atom. The van der Waals surface area contributed by atoms with E-state index in [1.54, 1.807) is 0 Å². The zero-order valence-corrected chi connectivity index (χ0v) is 12.0. The Morgan fingerprint density at radius 1 is 1.35 bits per heavy atom. The molecule has 0 radical (unpaired) electrons. The highest BCUT2D eigenvalue weighted by Crippen LogP contribution is 2.29. The van der Waals surface area contributed by atoms with Gasteiger partial charge < -0.3 is 5.32 Å². The Hall–Kier alpha value is -1.68. The summed E-state index contributed by atoms with van der Waals surface area (Å²) in [5.74, 6) is 0.921. The first-order chi connectivity index (χ1) is 9.90. The van der Waals surface area contributed by atoms with Gasteiger partial charge in [0.05, 0.1) is 11.9 Å². The van der Waals surface area contributed by atoms with E-state index >= 15 is 0 Å². The Balaban J connectivity index is 1.94. The fraction of sp³-hybridized carbons (Fsp3) is 0.500. The smallest absolute Gasteiger partial charge is 0.153 e. The van der Waals surface area contributed by atoms with Gasteiger partial charge in [-0.3, -0.25) is 0 Å². The van der Waals surface area contributed by atoms with E-state index < -0.39 is 0 Å². The minimum Gasteiger partial charge on any atom is -0.310 e. The molecule has 0 aliphatic heterocycles. The van der Waals surface area contributed by atoms with E-state index in [0.717, 1.165) is 18.8 Å². The van der Waals surface area contributed by atoms with Crippen molar-refractivity contribution < 1.29 is 0 Å². The maximum atomic E-state index is 4.58. The lowest BCUT2D eigenvalue weighted by atomic mass is 10.1. The molecule has 3 rings (SSSR count). The average Bonchev–Trinajstić information content (AvgIpc) is 2.81. The van der Waals surface area contributed by atoms with Gasteiger partial charge in [-0.1, -0.05) is 19.4 Å². The molecule has 0 aromatic carbocycles. The second kappa shape index (κ2) is 6.18. The number of hydrogen-bond acceptors (Lipinski definition) is 3. The largest absolute Gasteiger partial charge is 0.310 e. The molecule has 2 aromatic heterocycles. The van der Waals surface area contributed by atoms with Gasteiger partial charge in [-0.2, -0.15) is 5.10 Å². The van der Waals surface area contributed by atoms with Crippen molar-refractivity contribution >= 4 is 0 Å². The summed E-state index contributed by atoms with van der Waals surface area (Å²) in [5.41, 5.74) is 2.69. The maximum absolute atomic E-state index is 4.58. The molecule has 1 aliphatic rings. The molecule has 20 heavy (non-hydrogen) atoms. The molecule has 0 saturated heterocycles. The van der Waals surface area contributed by atoms with Crippen LogP contribution in [-0.4, -0.2) is 21.3 Å². The second-order valence-corrected chi connectivity index (χ2v) is 5.40. The monoisotopic (exact) mass is 270 g/mol. The molecule has 0 spiro atoms. The number of fused-ring (bicyclic) bond motifs is 1. The third kappa shape index (κ3) is 2.61. The number of pyridine rings is 1. The van der Waals surface area contributed by atoms with Gasteiger partial charge in [0.1, 0.15) is 0 Å². The first-order valence-corrected chi connectivity index (χ1v) is 7.61. The normalized spacial score (nSPS) is 18.6. The maximum Gasteiger partial charge on any atom is 0.153 e. The average molecular weight is 270 g/mol. The van der Waals surface area contributed by atoms with Crippen LogP contribution in [0.2, 0.25) is 0 Å². The third-order valence-electron chi connectivity index (χ3n) is 3.94. The molecule has 1 aliphatic carbocycles. The quantitative estimate of drug-likeness (QED) is 0.868. The Bertz CT molecular complexity index is 547. The Morgan fingerprint density at radius 2 is 2.30 bits per heavy atom. The number of nitrogens with one attached hydrogen (secondary N) is 1. The molecule has 2 heterocycles. The van der Waals surface area contributed by atoms with E-state index in [9.17, 15) is 0 Å². The minimum absolute atomic E-state index is 0.449. The summed E-state index contributed by atoms with van der Waals surface area (Å²) in [6, 6.07) is 6.43. The van der Waals surface area contributed by atoms with Crippen LogP contribution in [0.3, 0.4) is 0 Å². The summed E-state index contributed by atoms with van der Waals surface area (Å²) in [7, 11) is 0. The molecule has 0 bridgehead atoms. The van der Waals surface area contributed by atoms with E-state index in [0.29, 0.717) is 6.04 Å². The molecule has 106 valence electrons. The van der Waals surface area contributed by atoms with Crippen LogP contribution in [0, 0.1) is 0 Å². The highest BCUT2D eigenvalue weighted by molar-refractivity contribution is 5.31. The van der Waals surface area contributed by atoms with Crippen LogP contribution >= 0.6 is 0 Å². The SMILES string of the molecule is CCCNC1CCCCc2c1cnn2-c1ccccn1. The number of hydrogen-bond donors (Lipinski definition) is 1. The summed E-state index contributed by atoms with van der Waals surface area (Å²) in [4.78, 5) is 4.43. The van der Waals surface area contributed by atoms with Crippen LogP contribution in [0.4, 0.5) is 0 Å². The molecule has 0 saturated carbocycles. The zero-order valence-electron chi connectivity index (χ0n) is 12.0. The molecule has 1 unspecified atom stereocenters. The lowest BCUT2D eigenvalue weighted by molar-refractivity contribution is 0.489. The minimum atomic E-state index is 0.449. The van der Waals surface area contributed by atoms with Gasteiger partial charge in [-0.25, -0.2) is 9.67 Å². The lowest BCUT2D eigenvalue weighted by Gasteiger charge is -2.16. The van der Waals surface area contributed by atoms with Crippen LogP contribution in [0.5, 0.6) is 0 Å². The first kappa shape index (κ1) is 13.3. The van der Waals surface area contributed by atoms with Crippen molar-refractivity contribution in [3.05, 3.63) is 41.9 Å². The van der Waals surface area contributed by atoms with Gasteiger partial charge in [-0.05, 0) is 44.4 Å². The van der Waals surface area contributed by atoms with E-state index in [2.05, 4.69) is 22.3 Å². The lowest BCUT2D eigenvalue weighted by Crippen LogP contribution is -2.22. The summed E-state index contributed by atoms with van der Waals surface area (Å²) in [6.07, 6.45) is 9.83. The molecule has 0 fully saturated rings. The standard InChI is InChI=1S/C16H22N4/c1-2-10-17-14-7-3-4-8-15-13(14)12-19-20(15)16-9-5-6-11-18-16/h5-6,9,11-12,14,17H,2-4,7-8,10H2,1H3. The van der Waals surface area contributed by atoms with Crippen molar-refractivity contribution in [2.24, 2.45) is 0 Å². The van der Waals surface area contributed by atoms with E-state index in [-0.39, 0.29) is 0 Å². The van der Waals surface area contributed by atoms with Crippen molar-refractivity contribution in [3.63, 3.8) is 0 Å². The topological polar surface area (TPSA) is 42.7 Å². The molecule has 1 atom stereocenters. The van der Waals surface area contributed by atoms with Gasteiger partial charge in [0, 0.05) is 17.8 Å². The van der Waals surface area contributed by atoms with Gasteiger partial charge in [-0.15, -0.1) is 0 Å². The number of nitrogens with zero attached hydrogens (tertiary/aromatic N) is 3. The number of rotatable bonds is 4.